The molecule has 0 aliphatic carbocycles. The maximum atomic E-state index is 11.4. The van der Waals surface area contributed by atoms with E-state index in [1.54, 1.807) is 7.11 Å². The molecule has 168 valence electrons. The third-order valence-electron chi connectivity index (χ3n) is 4.98. The SMILES string of the molecule is CO[C@H]1O[C@H](COCc2ccc(Cl)cc2)[C@@H](OCc2ccc(Cl)cc2)[C@H]1COC(C)=O. The molecule has 6 nitrogen and oxygen atoms in total. The van der Waals surface area contributed by atoms with Gasteiger partial charge in [0.15, 0.2) is 6.29 Å². The van der Waals surface area contributed by atoms with Crippen LogP contribution in [0.4, 0.5) is 0 Å². The second-order valence-corrected chi connectivity index (χ2v) is 8.16. The van der Waals surface area contributed by atoms with Gasteiger partial charge in [-0.3, -0.25) is 4.79 Å². The van der Waals surface area contributed by atoms with E-state index in [4.69, 9.17) is 46.9 Å². The number of carbonyl (C=O) groups is 1. The average molecular weight is 469 g/mol. The van der Waals surface area contributed by atoms with Crippen LogP contribution in [0, 0.1) is 5.92 Å². The van der Waals surface area contributed by atoms with Gasteiger partial charge in [0.1, 0.15) is 12.7 Å². The number of hydrogen-bond acceptors (Lipinski definition) is 6. The minimum absolute atomic E-state index is 0.132. The van der Waals surface area contributed by atoms with E-state index in [0.717, 1.165) is 11.1 Å². The Kier molecular flexibility index (Phi) is 9.14. The van der Waals surface area contributed by atoms with Crippen LogP contribution >= 0.6 is 23.2 Å². The Bertz CT molecular complexity index is 827. The van der Waals surface area contributed by atoms with Crippen molar-refractivity contribution >= 4 is 29.2 Å². The van der Waals surface area contributed by atoms with E-state index < -0.39 is 6.29 Å². The molecule has 0 N–H and O–H groups in total. The summed E-state index contributed by atoms with van der Waals surface area (Å²) in [6.07, 6.45) is -1.34. The number of esters is 1. The fourth-order valence-electron chi connectivity index (χ4n) is 3.41. The van der Waals surface area contributed by atoms with Gasteiger partial charge in [0, 0.05) is 24.1 Å². The van der Waals surface area contributed by atoms with Crippen molar-refractivity contribution in [3.8, 4) is 0 Å². The predicted molar refractivity (Wildman–Crippen MR) is 117 cm³/mol. The third-order valence-corrected chi connectivity index (χ3v) is 5.48. The summed E-state index contributed by atoms with van der Waals surface area (Å²) in [5.41, 5.74) is 1.97. The van der Waals surface area contributed by atoms with Crippen molar-refractivity contribution in [3.05, 3.63) is 69.7 Å². The Hall–Kier alpha value is -1.67. The summed E-state index contributed by atoms with van der Waals surface area (Å²) in [6, 6.07) is 14.9. The molecular formula is C23H26Cl2O6. The summed E-state index contributed by atoms with van der Waals surface area (Å²) in [4.78, 5) is 11.4. The molecule has 0 saturated carbocycles. The molecule has 1 heterocycles. The van der Waals surface area contributed by atoms with Crippen LogP contribution in [0.15, 0.2) is 48.5 Å². The number of benzene rings is 2. The Morgan fingerprint density at radius 2 is 1.52 bits per heavy atom. The maximum Gasteiger partial charge on any atom is 0.302 e. The minimum Gasteiger partial charge on any atom is -0.465 e. The summed E-state index contributed by atoms with van der Waals surface area (Å²) in [5.74, 6) is -0.654. The molecule has 0 aromatic heterocycles. The third kappa shape index (κ3) is 7.17. The fourth-order valence-corrected chi connectivity index (χ4v) is 3.66. The maximum absolute atomic E-state index is 11.4. The van der Waals surface area contributed by atoms with E-state index in [2.05, 4.69) is 0 Å². The van der Waals surface area contributed by atoms with Gasteiger partial charge in [-0.2, -0.15) is 0 Å². The minimum atomic E-state index is -0.571. The molecule has 2 aromatic carbocycles. The van der Waals surface area contributed by atoms with Crippen LogP contribution in [-0.4, -0.2) is 44.8 Å². The lowest BCUT2D eigenvalue weighted by molar-refractivity contribution is -0.158. The Balaban J connectivity index is 1.65. The Morgan fingerprint density at radius 1 is 0.935 bits per heavy atom. The number of methoxy groups -OCH3 is 1. The van der Waals surface area contributed by atoms with Gasteiger partial charge in [0.25, 0.3) is 0 Å². The summed E-state index contributed by atoms with van der Waals surface area (Å²) in [5, 5.41) is 1.34. The quantitative estimate of drug-likeness (QED) is 0.473. The molecule has 8 heteroatoms. The van der Waals surface area contributed by atoms with Gasteiger partial charge < -0.3 is 23.7 Å². The molecule has 1 saturated heterocycles. The first-order valence-corrected chi connectivity index (χ1v) is 10.7. The molecule has 1 aliphatic rings. The van der Waals surface area contributed by atoms with Gasteiger partial charge in [0.2, 0.25) is 0 Å². The Morgan fingerprint density at radius 3 is 2.06 bits per heavy atom. The van der Waals surface area contributed by atoms with E-state index >= 15 is 0 Å². The predicted octanol–water partition coefficient (Wildman–Crippen LogP) is 4.65. The molecule has 1 fully saturated rings. The smallest absolute Gasteiger partial charge is 0.302 e. The summed E-state index contributed by atoms with van der Waals surface area (Å²) in [7, 11) is 1.55. The van der Waals surface area contributed by atoms with E-state index in [9.17, 15) is 4.79 Å². The van der Waals surface area contributed by atoms with Gasteiger partial charge in [-0.05, 0) is 35.4 Å². The molecule has 0 unspecified atom stereocenters. The van der Waals surface area contributed by atoms with Gasteiger partial charge in [0.05, 0.1) is 31.8 Å². The van der Waals surface area contributed by atoms with Crippen LogP contribution in [0.1, 0.15) is 18.1 Å². The molecule has 3 rings (SSSR count). The van der Waals surface area contributed by atoms with E-state index in [1.807, 2.05) is 48.5 Å². The highest BCUT2D eigenvalue weighted by Gasteiger charge is 2.46. The Labute approximate surface area is 192 Å². The lowest BCUT2D eigenvalue weighted by atomic mass is 10.0. The molecule has 0 spiro atoms. The lowest BCUT2D eigenvalue weighted by Crippen LogP contribution is -2.36. The van der Waals surface area contributed by atoms with Crippen molar-refractivity contribution in [2.75, 3.05) is 20.3 Å². The van der Waals surface area contributed by atoms with Crippen LogP contribution in [0.2, 0.25) is 10.0 Å². The van der Waals surface area contributed by atoms with Crippen molar-refractivity contribution in [1.82, 2.24) is 0 Å². The second kappa shape index (κ2) is 11.8. The van der Waals surface area contributed by atoms with Crippen LogP contribution < -0.4 is 0 Å². The van der Waals surface area contributed by atoms with Crippen molar-refractivity contribution in [2.45, 2.75) is 38.6 Å². The zero-order valence-electron chi connectivity index (χ0n) is 17.5. The highest BCUT2D eigenvalue weighted by atomic mass is 35.5. The van der Waals surface area contributed by atoms with E-state index in [-0.39, 0.29) is 30.7 Å². The van der Waals surface area contributed by atoms with Gasteiger partial charge >= 0.3 is 5.97 Å². The first-order valence-electron chi connectivity index (χ1n) is 9.96. The van der Waals surface area contributed by atoms with Crippen LogP contribution in [0.3, 0.4) is 0 Å². The number of hydrogen-bond donors (Lipinski definition) is 0. The number of halogens is 2. The summed E-state index contributed by atoms with van der Waals surface area (Å²) < 4.78 is 28.8. The highest BCUT2D eigenvalue weighted by molar-refractivity contribution is 6.30. The van der Waals surface area contributed by atoms with Crippen molar-refractivity contribution in [3.63, 3.8) is 0 Å². The number of ether oxygens (including phenoxy) is 5. The molecule has 2 aromatic rings. The van der Waals surface area contributed by atoms with Crippen molar-refractivity contribution < 1.29 is 28.5 Å². The zero-order chi connectivity index (χ0) is 22.2. The zero-order valence-corrected chi connectivity index (χ0v) is 19.0. The van der Waals surface area contributed by atoms with Crippen LogP contribution in [-0.2, 0) is 41.7 Å². The molecule has 0 amide bonds. The van der Waals surface area contributed by atoms with E-state index in [0.29, 0.717) is 29.9 Å². The first-order chi connectivity index (χ1) is 15.0. The first kappa shape index (κ1) is 24.0. The van der Waals surface area contributed by atoms with Crippen LogP contribution in [0.25, 0.3) is 0 Å². The van der Waals surface area contributed by atoms with Gasteiger partial charge in [-0.1, -0.05) is 47.5 Å². The van der Waals surface area contributed by atoms with Gasteiger partial charge in [-0.25, -0.2) is 0 Å². The lowest BCUT2D eigenvalue weighted by Gasteiger charge is -2.24. The van der Waals surface area contributed by atoms with Gasteiger partial charge in [-0.15, -0.1) is 0 Å². The monoisotopic (exact) mass is 468 g/mol. The molecule has 0 bridgehead atoms. The summed E-state index contributed by atoms with van der Waals surface area (Å²) in [6.45, 7) is 2.56. The second-order valence-electron chi connectivity index (χ2n) is 7.29. The number of rotatable bonds is 10. The fraction of sp³-hybridized carbons (Fsp3) is 0.435. The number of carbonyl (C=O) groups excluding carboxylic acids is 1. The highest BCUT2D eigenvalue weighted by Crippen LogP contribution is 2.32. The standard InChI is InChI=1S/C23H26Cl2O6/c1-15(26)29-13-20-22(30-12-17-5-9-19(25)10-6-17)21(31-23(20)27-2)14-28-11-16-3-7-18(24)8-4-16/h3-10,20-23H,11-14H2,1-2H3/t20-,21-,22+,23+/m1/s1. The molecule has 1 aliphatic heterocycles. The normalized spacial score (nSPS) is 23.1. The van der Waals surface area contributed by atoms with E-state index in [1.165, 1.54) is 6.92 Å². The topological polar surface area (TPSA) is 63.2 Å². The summed E-state index contributed by atoms with van der Waals surface area (Å²) >= 11 is 11.9. The molecule has 0 radical (unpaired) electrons. The van der Waals surface area contributed by atoms with Crippen molar-refractivity contribution in [1.29, 1.82) is 0 Å². The molecule has 31 heavy (non-hydrogen) atoms. The molecule has 4 atom stereocenters. The molecular weight excluding hydrogens is 443 g/mol. The van der Waals surface area contributed by atoms with Crippen molar-refractivity contribution in [2.24, 2.45) is 5.92 Å². The largest absolute Gasteiger partial charge is 0.465 e. The van der Waals surface area contributed by atoms with Crippen LogP contribution in [0.5, 0.6) is 0 Å². The average Bonchev–Trinajstić information content (AvgIpc) is 3.09.